The summed E-state index contributed by atoms with van der Waals surface area (Å²) in [7, 11) is -0.0338. The van der Waals surface area contributed by atoms with Gasteiger partial charge in [-0.25, -0.2) is 8.42 Å². The van der Waals surface area contributed by atoms with Crippen molar-refractivity contribution < 1.29 is 13.2 Å². The summed E-state index contributed by atoms with van der Waals surface area (Å²) >= 11 is 0. The first kappa shape index (κ1) is 22.2. The number of ether oxygens (including phenoxy) is 1. The maximum absolute atomic E-state index is 12.5. The normalized spacial score (nSPS) is 10.6. The van der Waals surface area contributed by atoms with Crippen LogP contribution in [0.15, 0.2) is 79.5 Å². The van der Waals surface area contributed by atoms with E-state index in [1.165, 1.54) is 10.4 Å². The van der Waals surface area contributed by atoms with Crippen molar-refractivity contribution in [2.75, 3.05) is 17.2 Å². The molecule has 3 rings (SSSR count). The molecule has 154 valence electrons. The van der Waals surface area contributed by atoms with E-state index >= 15 is 0 Å². The van der Waals surface area contributed by atoms with Gasteiger partial charge in [0.1, 0.15) is 5.75 Å². The highest BCUT2D eigenvalue weighted by Crippen LogP contribution is 2.24. The minimum absolute atomic E-state index is 0.103. The molecule has 0 N–H and O–H groups in total. The standard InChI is InChI=1S/C15H19N3O2S.C7H8O/c1-4-10-21(19,20)18(11-14-8-6-5-7-9-14)15-12-17(3)16-13(15)2;1-8-7-5-3-2-4-6-7/h4-9,12H,1,10-11H2,2-3H3;2-6H,1H3. The molecule has 1 aromatic heterocycles. The molecule has 0 amide bonds. The van der Waals surface area contributed by atoms with Gasteiger partial charge in [-0.15, -0.1) is 6.58 Å². The number of rotatable bonds is 7. The average molecular weight is 414 g/mol. The molecule has 0 saturated heterocycles. The summed E-state index contributed by atoms with van der Waals surface area (Å²) in [6.45, 7) is 5.61. The molecule has 0 unspecified atom stereocenters. The Morgan fingerprint density at radius 2 is 1.69 bits per heavy atom. The highest BCUT2D eigenvalue weighted by Gasteiger charge is 2.24. The fourth-order valence-electron chi connectivity index (χ4n) is 2.71. The Kier molecular flexibility index (Phi) is 8.03. The number of aromatic nitrogens is 2. The maximum Gasteiger partial charge on any atom is 0.239 e. The molecule has 0 aliphatic carbocycles. The first-order chi connectivity index (χ1) is 13.9. The van der Waals surface area contributed by atoms with Crippen molar-refractivity contribution in [1.29, 1.82) is 0 Å². The first-order valence-electron chi connectivity index (χ1n) is 9.12. The molecule has 0 aliphatic heterocycles. The molecule has 0 atom stereocenters. The molecule has 0 spiro atoms. The summed E-state index contributed by atoms with van der Waals surface area (Å²) in [4.78, 5) is 0. The van der Waals surface area contributed by atoms with Crippen LogP contribution in [0.1, 0.15) is 11.3 Å². The van der Waals surface area contributed by atoms with Crippen LogP contribution in [0.5, 0.6) is 5.75 Å². The van der Waals surface area contributed by atoms with Crippen LogP contribution in [-0.2, 0) is 23.6 Å². The molecule has 0 bridgehead atoms. The van der Waals surface area contributed by atoms with Crippen molar-refractivity contribution in [2.45, 2.75) is 13.5 Å². The minimum Gasteiger partial charge on any atom is -0.497 e. The van der Waals surface area contributed by atoms with Crippen molar-refractivity contribution in [3.8, 4) is 5.75 Å². The summed E-state index contributed by atoms with van der Waals surface area (Å²) in [5, 5.41) is 4.23. The van der Waals surface area contributed by atoms with Crippen molar-refractivity contribution in [2.24, 2.45) is 7.05 Å². The highest BCUT2D eigenvalue weighted by molar-refractivity contribution is 7.92. The van der Waals surface area contributed by atoms with Crippen molar-refractivity contribution in [3.05, 3.63) is 90.8 Å². The molecule has 0 aliphatic rings. The Morgan fingerprint density at radius 3 is 2.14 bits per heavy atom. The van der Waals surface area contributed by atoms with Crippen LogP contribution in [0.4, 0.5) is 5.69 Å². The lowest BCUT2D eigenvalue weighted by Crippen LogP contribution is -2.32. The van der Waals surface area contributed by atoms with E-state index in [1.807, 2.05) is 60.7 Å². The third-order valence-corrected chi connectivity index (χ3v) is 5.72. The van der Waals surface area contributed by atoms with E-state index in [9.17, 15) is 8.42 Å². The lowest BCUT2D eigenvalue weighted by molar-refractivity contribution is 0.415. The van der Waals surface area contributed by atoms with Gasteiger partial charge in [-0.2, -0.15) is 5.10 Å². The molecule has 0 saturated carbocycles. The zero-order valence-electron chi connectivity index (χ0n) is 17.0. The molecule has 7 heteroatoms. The van der Waals surface area contributed by atoms with Crippen molar-refractivity contribution in [3.63, 3.8) is 0 Å². The summed E-state index contributed by atoms with van der Waals surface area (Å²) < 4.78 is 33.0. The lowest BCUT2D eigenvalue weighted by Gasteiger charge is -2.23. The van der Waals surface area contributed by atoms with Crippen molar-refractivity contribution >= 4 is 15.7 Å². The van der Waals surface area contributed by atoms with Gasteiger partial charge in [0, 0.05) is 13.2 Å². The van der Waals surface area contributed by atoms with Gasteiger partial charge < -0.3 is 4.74 Å². The molecule has 2 aromatic carbocycles. The van der Waals surface area contributed by atoms with Crippen LogP contribution < -0.4 is 9.04 Å². The number of para-hydroxylation sites is 1. The Balaban J connectivity index is 0.000000313. The van der Waals surface area contributed by atoms with Crippen LogP contribution in [0.25, 0.3) is 0 Å². The minimum atomic E-state index is -3.47. The van der Waals surface area contributed by atoms with E-state index in [0.29, 0.717) is 11.4 Å². The molecule has 0 fully saturated rings. The summed E-state index contributed by atoms with van der Waals surface area (Å²) in [6, 6.07) is 19.2. The highest BCUT2D eigenvalue weighted by atomic mass is 32.2. The van der Waals surface area contributed by atoms with E-state index in [4.69, 9.17) is 4.74 Å². The van der Waals surface area contributed by atoms with E-state index in [1.54, 1.807) is 32.0 Å². The lowest BCUT2D eigenvalue weighted by atomic mass is 10.2. The first-order valence-corrected chi connectivity index (χ1v) is 10.7. The second-order valence-electron chi connectivity index (χ2n) is 6.35. The number of anilines is 1. The van der Waals surface area contributed by atoms with Crippen LogP contribution in [-0.4, -0.2) is 31.1 Å². The molecule has 1 heterocycles. The summed E-state index contributed by atoms with van der Waals surface area (Å²) in [5.41, 5.74) is 2.21. The fourth-order valence-corrected chi connectivity index (χ4v) is 4.01. The monoisotopic (exact) mass is 413 g/mol. The van der Waals surface area contributed by atoms with Gasteiger partial charge in [0.2, 0.25) is 10.0 Å². The number of aryl methyl sites for hydroxylation is 2. The zero-order valence-corrected chi connectivity index (χ0v) is 17.8. The van der Waals surface area contributed by atoms with Gasteiger partial charge >= 0.3 is 0 Å². The third-order valence-electron chi connectivity index (χ3n) is 4.07. The molecule has 3 aromatic rings. The number of hydrogen-bond donors (Lipinski definition) is 0. The number of methoxy groups -OCH3 is 1. The molecular weight excluding hydrogens is 386 g/mol. The van der Waals surface area contributed by atoms with Gasteiger partial charge in [0.25, 0.3) is 0 Å². The van der Waals surface area contributed by atoms with Crippen LogP contribution >= 0.6 is 0 Å². The number of sulfonamides is 1. The third kappa shape index (κ3) is 6.50. The predicted molar refractivity (Wildman–Crippen MR) is 118 cm³/mol. The second-order valence-corrected chi connectivity index (χ2v) is 8.29. The average Bonchev–Trinajstić information content (AvgIpc) is 3.05. The quantitative estimate of drug-likeness (QED) is 0.550. The Bertz CT molecular complexity index is 1000. The Labute approximate surface area is 173 Å². The van der Waals surface area contributed by atoms with E-state index in [0.717, 1.165) is 11.3 Å². The number of benzene rings is 2. The zero-order chi connectivity index (χ0) is 21.3. The van der Waals surface area contributed by atoms with Gasteiger partial charge in [-0.1, -0.05) is 54.6 Å². The van der Waals surface area contributed by atoms with Crippen molar-refractivity contribution in [1.82, 2.24) is 9.78 Å². The number of nitrogens with zero attached hydrogens (tertiary/aromatic N) is 3. The van der Waals surface area contributed by atoms with E-state index in [-0.39, 0.29) is 12.3 Å². The van der Waals surface area contributed by atoms with Gasteiger partial charge in [0.05, 0.1) is 30.8 Å². The van der Waals surface area contributed by atoms with Crippen LogP contribution in [0.2, 0.25) is 0 Å². The fraction of sp³-hybridized carbons (Fsp3) is 0.227. The molecular formula is C22H27N3O3S. The predicted octanol–water partition coefficient (Wildman–Crippen LogP) is 3.95. The van der Waals surface area contributed by atoms with Gasteiger partial charge in [0.15, 0.2) is 0 Å². The SMILES string of the molecule is C=CCS(=O)(=O)N(Cc1ccccc1)c1cn(C)nc1C.COc1ccccc1. The van der Waals surface area contributed by atoms with Gasteiger partial charge in [-0.05, 0) is 24.6 Å². The number of hydrogen-bond acceptors (Lipinski definition) is 4. The summed E-state index contributed by atoms with van der Waals surface area (Å²) in [6.07, 6.45) is 3.12. The van der Waals surface area contributed by atoms with E-state index in [2.05, 4.69) is 11.7 Å². The van der Waals surface area contributed by atoms with E-state index < -0.39 is 10.0 Å². The smallest absolute Gasteiger partial charge is 0.239 e. The largest absolute Gasteiger partial charge is 0.497 e. The summed E-state index contributed by atoms with van der Waals surface area (Å²) in [5.74, 6) is 0.807. The topological polar surface area (TPSA) is 64.4 Å². The molecule has 6 nitrogen and oxygen atoms in total. The second kappa shape index (κ2) is 10.5. The Hall–Kier alpha value is -3.06. The molecule has 0 radical (unpaired) electrons. The maximum atomic E-state index is 12.5. The van der Waals surface area contributed by atoms with Gasteiger partial charge in [-0.3, -0.25) is 8.99 Å². The Morgan fingerprint density at radius 1 is 1.10 bits per heavy atom. The molecule has 29 heavy (non-hydrogen) atoms. The van der Waals surface area contributed by atoms with Crippen LogP contribution in [0.3, 0.4) is 0 Å². The van der Waals surface area contributed by atoms with Crippen LogP contribution in [0, 0.1) is 6.92 Å².